The first-order valence-electron chi connectivity index (χ1n) is 11.6. The molecule has 0 saturated carbocycles. The zero-order valence-corrected chi connectivity index (χ0v) is 22.9. The number of carbonyl (C=O) groups excluding carboxylic acids is 1. The molecule has 0 atom stereocenters. The fourth-order valence-electron chi connectivity index (χ4n) is 3.73. The van der Waals surface area contributed by atoms with Crippen LogP contribution in [0.3, 0.4) is 0 Å². The van der Waals surface area contributed by atoms with Crippen molar-refractivity contribution in [2.75, 3.05) is 12.0 Å². The Balaban J connectivity index is 1.46. The molecule has 4 aromatic carbocycles. The molecule has 0 aromatic heterocycles. The highest BCUT2D eigenvalue weighted by Crippen LogP contribution is 2.38. The Labute approximate surface area is 235 Å². The highest BCUT2D eigenvalue weighted by atomic mass is 35.5. The van der Waals surface area contributed by atoms with Crippen molar-refractivity contribution in [2.45, 2.75) is 4.90 Å². The number of thioether (sulfide) groups is 1. The molecular weight excluding hydrogens is 556 g/mol. The van der Waals surface area contributed by atoms with E-state index in [0.29, 0.717) is 26.3 Å². The number of para-hydroxylation sites is 2. The van der Waals surface area contributed by atoms with Gasteiger partial charge in [-0.2, -0.15) is 8.42 Å². The molecule has 1 aliphatic heterocycles. The summed E-state index contributed by atoms with van der Waals surface area (Å²) >= 11 is 7.11. The predicted molar refractivity (Wildman–Crippen MR) is 155 cm³/mol. The summed E-state index contributed by atoms with van der Waals surface area (Å²) in [5, 5.41) is 0.927. The Morgan fingerprint density at radius 1 is 0.872 bits per heavy atom. The van der Waals surface area contributed by atoms with Gasteiger partial charge in [0, 0.05) is 5.02 Å². The first kappa shape index (κ1) is 26.6. The van der Waals surface area contributed by atoms with Crippen LogP contribution in [0.2, 0.25) is 5.02 Å². The summed E-state index contributed by atoms with van der Waals surface area (Å²) in [5.74, 6) is -0.0295. The molecule has 0 N–H and O–H groups in total. The summed E-state index contributed by atoms with van der Waals surface area (Å²) < 4.78 is 36.2. The van der Waals surface area contributed by atoms with Gasteiger partial charge in [-0.15, -0.1) is 0 Å². The minimum Gasteiger partial charge on any atom is -0.493 e. The lowest BCUT2D eigenvalue weighted by Gasteiger charge is -2.15. The van der Waals surface area contributed by atoms with Crippen LogP contribution in [-0.2, 0) is 14.9 Å². The first-order valence-corrected chi connectivity index (χ1v) is 14.3. The third-order valence-electron chi connectivity index (χ3n) is 5.59. The number of carbonyl (C=O) groups is 1. The fourth-order valence-corrected chi connectivity index (χ4v) is 5.79. The quantitative estimate of drug-likeness (QED) is 0.175. The molecule has 0 bridgehead atoms. The molecule has 7 nitrogen and oxygen atoms in total. The number of benzene rings is 4. The molecule has 5 rings (SSSR count). The number of hydrogen-bond acceptors (Lipinski definition) is 7. The number of nitrogens with zero attached hydrogens (tertiary/aromatic N) is 2. The third kappa shape index (κ3) is 6.01. The van der Waals surface area contributed by atoms with Crippen molar-refractivity contribution >= 4 is 62.0 Å². The number of amidine groups is 1. The molecule has 1 fully saturated rings. The molecule has 0 aliphatic carbocycles. The normalized spacial score (nSPS) is 15.6. The van der Waals surface area contributed by atoms with Gasteiger partial charge in [0.25, 0.3) is 5.91 Å². The van der Waals surface area contributed by atoms with Crippen LogP contribution in [0.25, 0.3) is 6.08 Å². The molecule has 4 aromatic rings. The van der Waals surface area contributed by atoms with Gasteiger partial charge in [0.15, 0.2) is 16.7 Å². The number of anilines is 1. The molecule has 1 amide bonds. The molecule has 0 unspecified atom stereocenters. The Kier molecular flexibility index (Phi) is 7.74. The van der Waals surface area contributed by atoms with Crippen molar-refractivity contribution in [1.82, 2.24) is 0 Å². The lowest BCUT2D eigenvalue weighted by Crippen LogP contribution is -2.28. The standard InChI is InChI=1S/C29H21ClN2O5S2/c1-36-26-18-20(12-17-25(26)37-39(34,35)24-15-13-21(30)14-16-24)19-27-28(33)32(23-10-6-3-7-11-23)29(38-27)31-22-8-4-2-5-9-22/h2-19H,1H3/b27-19+,31-29?. The van der Waals surface area contributed by atoms with Gasteiger partial charge in [-0.05, 0) is 84.1 Å². The summed E-state index contributed by atoms with van der Waals surface area (Å²) in [4.78, 5) is 20.2. The van der Waals surface area contributed by atoms with Crippen LogP contribution in [0.4, 0.5) is 11.4 Å². The van der Waals surface area contributed by atoms with Gasteiger partial charge in [-0.1, -0.05) is 54.1 Å². The zero-order valence-electron chi connectivity index (χ0n) is 20.5. The highest BCUT2D eigenvalue weighted by molar-refractivity contribution is 8.19. The Morgan fingerprint density at radius 2 is 1.54 bits per heavy atom. The van der Waals surface area contributed by atoms with Crippen molar-refractivity contribution in [2.24, 2.45) is 4.99 Å². The predicted octanol–water partition coefficient (Wildman–Crippen LogP) is 6.92. The summed E-state index contributed by atoms with van der Waals surface area (Å²) in [6.07, 6.45) is 1.70. The van der Waals surface area contributed by atoms with Crippen LogP contribution >= 0.6 is 23.4 Å². The molecule has 1 heterocycles. The highest BCUT2D eigenvalue weighted by Gasteiger charge is 2.34. The van der Waals surface area contributed by atoms with Crippen molar-refractivity contribution in [3.05, 3.63) is 119 Å². The van der Waals surface area contributed by atoms with Gasteiger partial charge >= 0.3 is 10.1 Å². The summed E-state index contributed by atoms with van der Waals surface area (Å²) in [5.41, 5.74) is 2.04. The minimum absolute atomic E-state index is 0.0113. The minimum atomic E-state index is -4.12. The second kappa shape index (κ2) is 11.4. The van der Waals surface area contributed by atoms with Crippen LogP contribution in [-0.4, -0.2) is 26.6 Å². The van der Waals surface area contributed by atoms with Crippen LogP contribution in [0.5, 0.6) is 11.5 Å². The number of halogens is 1. The maximum atomic E-state index is 13.5. The van der Waals surface area contributed by atoms with E-state index in [-0.39, 0.29) is 22.3 Å². The number of aliphatic imine (C=N–C) groups is 1. The molecule has 39 heavy (non-hydrogen) atoms. The van der Waals surface area contributed by atoms with E-state index >= 15 is 0 Å². The lowest BCUT2D eigenvalue weighted by molar-refractivity contribution is -0.113. The summed E-state index contributed by atoms with van der Waals surface area (Å²) in [6, 6.07) is 29.1. The molecule has 196 valence electrons. The number of methoxy groups -OCH3 is 1. The third-order valence-corrected chi connectivity index (χ3v) is 8.06. The average molecular weight is 577 g/mol. The van der Waals surface area contributed by atoms with Crippen molar-refractivity contribution < 1.29 is 22.1 Å². The maximum absolute atomic E-state index is 13.5. The van der Waals surface area contributed by atoms with E-state index in [0.717, 1.165) is 5.69 Å². The smallest absolute Gasteiger partial charge is 0.339 e. The van der Waals surface area contributed by atoms with Crippen molar-refractivity contribution in [3.63, 3.8) is 0 Å². The first-order chi connectivity index (χ1) is 18.8. The van der Waals surface area contributed by atoms with Gasteiger partial charge in [0.2, 0.25) is 0 Å². The molecule has 1 aliphatic rings. The van der Waals surface area contributed by atoms with Gasteiger partial charge in [0.1, 0.15) is 4.90 Å². The van der Waals surface area contributed by atoms with E-state index in [9.17, 15) is 13.2 Å². The summed E-state index contributed by atoms with van der Waals surface area (Å²) in [7, 11) is -2.71. The number of amides is 1. The van der Waals surface area contributed by atoms with Crippen LogP contribution < -0.4 is 13.8 Å². The zero-order chi connectivity index (χ0) is 27.4. The van der Waals surface area contributed by atoms with Gasteiger partial charge < -0.3 is 8.92 Å². The largest absolute Gasteiger partial charge is 0.493 e. The molecule has 10 heteroatoms. The topological polar surface area (TPSA) is 85.3 Å². The van der Waals surface area contributed by atoms with Crippen LogP contribution in [0.15, 0.2) is 118 Å². The molecule has 1 saturated heterocycles. The van der Waals surface area contributed by atoms with Crippen LogP contribution in [0, 0.1) is 0 Å². The van der Waals surface area contributed by atoms with Crippen LogP contribution in [0.1, 0.15) is 5.56 Å². The van der Waals surface area contributed by atoms with E-state index in [1.165, 1.54) is 49.2 Å². The summed E-state index contributed by atoms with van der Waals surface area (Å²) in [6.45, 7) is 0. The Morgan fingerprint density at radius 3 is 2.21 bits per heavy atom. The van der Waals surface area contributed by atoms with E-state index in [1.807, 2.05) is 60.7 Å². The van der Waals surface area contributed by atoms with E-state index in [4.69, 9.17) is 25.5 Å². The molecule has 0 radical (unpaired) electrons. The number of hydrogen-bond donors (Lipinski definition) is 0. The molecular formula is C29H21ClN2O5S2. The Hall–Kier alpha value is -4.05. The average Bonchev–Trinajstić information content (AvgIpc) is 3.24. The number of rotatable bonds is 7. The molecule has 0 spiro atoms. The number of ether oxygens (including phenoxy) is 1. The second-order valence-corrected chi connectivity index (χ2v) is 11.2. The second-order valence-electron chi connectivity index (χ2n) is 8.22. The van der Waals surface area contributed by atoms with E-state index in [1.54, 1.807) is 23.1 Å². The lowest BCUT2D eigenvalue weighted by atomic mass is 10.2. The SMILES string of the molecule is COc1cc(/C=C2/SC(=Nc3ccccc3)N(c3ccccc3)C2=O)ccc1OS(=O)(=O)c1ccc(Cl)cc1. The fraction of sp³-hybridized carbons (Fsp3) is 0.0345. The van der Waals surface area contributed by atoms with Gasteiger partial charge in [0.05, 0.1) is 23.4 Å². The Bertz CT molecular complexity index is 1670. The van der Waals surface area contributed by atoms with Gasteiger partial charge in [-0.3, -0.25) is 9.69 Å². The van der Waals surface area contributed by atoms with E-state index < -0.39 is 10.1 Å². The maximum Gasteiger partial charge on any atom is 0.339 e. The van der Waals surface area contributed by atoms with Crippen molar-refractivity contribution in [3.8, 4) is 11.5 Å². The monoisotopic (exact) mass is 576 g/mol. The van der Waals surface area contributed by atoms with E-state index in [2.05, 4.69) is 0 Å². The van der Waals surface area contributed by atoms with Crippen molar-refractivity contribution in [1.29, 1.82) is 0 Å². The van der Waals surface area contributed by atoms with Gasteiger partial charge in [-0.25, -0.2) is 4.99 Å².